The molecule has 0 bridgehead atoms. The van der Waals surface area contributed by atoms with Crippen LogP contribution in [0.1, 0.15) is 11.4 Å². The number of urea groups is 1. The molecule has 0 atom stereocenters. The van der Waals surface area contributed by atoms with Crippen LogP contribution >= 0.6 is 11.6 Å². The fraction of sp³-hybridized carbons (Fsp3) is 0.250. The van der Waals surface area contributed by atoms with Crippen molar-refractivity contribution in [2.24, 2.45) is 4.99 Å². The summed E-state index contributed by atoms with van der Waals surface area (Å²) in [4.78, 5) is 26.9. The van der Waals surface area contributed by atoms with E-state index < -0.39 is 0 Å². The van der Waals surface area contributed by atoms with Gasteiger partial charge in [0.05, 0.1) is 13.1 Å². The van der Waals surface area contributed by atoms with E-state index in [0.717, 1.165) is 11.4 Å². The number of aryl methyl sites for hydroxylation is 2. The molecule has 0 saturated heterocycles. The first-order chi connectivity index (χ1) is 11.5. The second kappa shape index (κ2) is 6.84. The van der Waals surface area contributed by atoms with E-state index >= 15 is 0 Å². The Bertz CT molecular complexity index is 769. The van der Waals surface area contributed by atoms with Crippen LogP contribution < -0.4 is 10.6 Å². The highest BCUT2D eigenvalue weighted by molar-refractivity contribution is 6.30. The summed E-state index contributed by atoms with van der Waals surface area (Å²) >= 11 is 5.85. The van der Waals surface area contributed by atoms with Crippen molar-refractivity contribution in [3.63, 3.8) is 0 Å². The van der Waals surface area contributed by atoms with Gasteiger partial charge < -0.3 is 5.32 Å². The highest BCUT2D eigenvalue weighted by Gasteiger charge is 2.24. The van der Waals surface area contributed by atoms with Gasteiger partial charge in [0.2, 0.25) is 11.9 Å². The maximum Gasteiger partial charge on any atom is 0.328 e. The predicted molar refractivity (Wildman–Crippen MR) is 94.6 cm³/mol. The largest absolute Gasteiger partial charge is 0.328 e. The molecule has 3 rings (SSSR count). The molecule has 0 fully saturated rings. The van der Waals surface area contributed by atoms with Crippen LogP contribution in [0.4, 0.5) is 16.4 Å². The van der Waals surface area contributed by atoms with E-state index in [1.807, 2.05) is 19.9 Å². The third kappa shape index (κ3) is 3.80. The second-order valence-corrected chi connectivity index (χ2v) is 5.83. The van der Waals surface area contributed by atoms with Gasteiger partial charge in [-0.25, -0.2) is 14.8 Å². The zero-order valence-electron chi connectivity index (χ0n) is 13.4. The summed E-state index contributed by atoms with van der Waals surface area (Å²) in [5.74, 6) is 0.865. The minimum absolute atomic E-state index is 0.273. The van der Waals surface area contributed by atoms with Crippen LogP contribution in [0.3, 0.4) is 0 Å². The molecule has 0 spiro atoms. The van der Waals surface area contributed by atoms with Crippen molar-refractivity contribution < 1.29 is 4.79 Å². The maximum atomic E-state index is 12.5. The topological polar surface area (TPSA) is 82.5 Å². The third-order valence-corrected chi connectivity index (χ3v) is 3.64. The van der Waals surface area contributed by atoms with Gasteiger partial charge in [-0.3, -0.25) is 15.2 Å². The van der Waals surface area contributed by atoms with Gasteiger partial charge in [0.25, 0.3) is 0 Å². The molecule has 124 valence electrons. The van der Waals surface area contributed by atoms with Gasteiger partial charge in [-0.1, -0.05) is 11.6 Å². The Morgan fingerprint density at radius 1 is 1.17 bits per heavy atom. The highest BCUT2D eigenvalue weighted by atomic mass is 35.5. The lowest BCUT2D eigenvalue weighted by Crippen LogP contribution is -2.41. The van der Waals surface area contributed by atoms with E-state index in [1.54, 1.807) is 24.3 Å². The monoisotopic (exact) mass is 344 g/mol. The third-order valence-electron chi connectivity index (χ3n) is 3.39. The Hall–Kier alpha value is -2.67. The van der Waals surface area contributed by atoms with Gasteiger partial charge in [0.1, 0.15) is 0 Å². The summed E-state index contributed by atoms with van der Waals surface area (Å²) in [7, 11) is 0. The Morgan fingerprint density at radius 3 is 2.50 bits per heavy atom. The molecule has 0 saturated carbocycles. The zero-order chi connectivity index (χ0) is 17.1. The molecular formula is C16H17ClN6O. The summed E-state index contributed by atoms with van der Waals surface area (Å²) in [6, 6.07) is 8.54. The van der Waals surface area contributed by atoms with Crippen molar-refractivity contribution in [2.45, 2.75) is 13.8 Å². The molecular weight excluding hydrogens is 328 g/mol. The molecule has 1 aromatic heterocycles. The molecule has 1 aliphatic heterocycles. The standard InChI is InChI=1S/C16H17ClN6O/c1-10-9-11(2)20-14(19-10)22-15-18-7-8-23(15)16(24)21-13-5-3-12(17)4-6-13/h3-6,9H,7-8H2,1-2H3,(H,21,24)(H,18,19,20,22). The van der Waals surface area contributed by atoms with Gasteiger partial charge in [0, 0.05) is 22.1 Å². The van der Waals surface area contributed by atoms with E-state index in [4.69, 9.17) is 11.6 Å². The number of anilines is 2. The van der Waals surface area contributed by atoms with Crippen LogP contribution in [-0.2, 0) is 0 Å². The first-order valence-corrected chi connectivity index (χ1v) is 7.87. The number of carbonyl (C=O) groups excluding carboxylic acids is 1. The van der Waals surface area contributed by atoms with Gasteiger partial charge in [-0.05, 0) is 44.2 Å². The summed E-state index contributed by atoms with van der Waals surface area (Å²) in [6.45, 7) is 4.80. The van der Waals surface area contributed by atoms with E-state index in [9.17, 15) is 4.79 Å². The molecule has 2 N–H and O–H groups in total. The number of halogens is 1. The van der Waals surface area contributed by atoms with E-state index in [2.05, 4.69) is 25.6 Å². The Kier molecular flexibility index (Phi) is 4.61. The minimum atomic E-state index is -0.273. The van der Waals surface area contributed by atoms with E-state index in [0.29, 0.717) is 35.7 Å². The molecule has 1 aliphatic rings. The molecule has 0 unspecified atom stereocenters. The average Bonchev–Trinajstić information content (AvgIpc) is 2.96. The zero-order valence-corrected chi connectivity index (χ0v) is 14.1. The van der Waals surface area contributed by atoms with E-state index in [-0.39, 0.29) is 6.03 Å². The van der Waals surface area contributed by atoms with Crippen LogP contribution in [0.5, 0.6) is 0 Å². The normalized spacial score (nSPS) is 13.6. The van der Waals surface area contributed by atoms with Crippen LogP contribution in [0.15, 0.2) is 35.3 Å². The highest BCUT2D eigenvalue weighted by Crippen LogP contribution is 2.15. The molecule has 2 heterocycles. The van der Waals surface area contributed by atoms with Gasteiger partial charge >= 0.3 is 6.03 Å². The number of carbonyl (C=O) groups is 1. The minimum Gasteiger partial charge on any atom is -0.307 e. The molecule has 2 aromatic rings. The van der Waals surface area contributed by atoms with Gasteiger partial charge in [-0.2, -0.15) is 0 Å². The second-order valence-electron chi connectivity index (χ2n) is 5.39. The van der Waals surface area contributed by atoms with Gasteiger partial charge in [0.15, 0.2) is 0 Å². The van der Waals surface area contributed by atoms with Crippen LogP contribution in [-0.4, -0.2) is 39.9 Å². The lowest BCUT2D eigenvalue weighted by molar-refractivity contribution is 0.236. The first-order valence-electron chi connectivity index (χ1n) is 7.49. The number of nitrogens with zero attached hydrogens (tertiary/aromatic N) is 4. The lowest BCUT2D eigenvalue weighted by atomic mass is 10.3. The summed E-state index contributed by atoms with van der Waals surface area (Å²) in [5, 5.41) is 6.45. The molecule has 0 radical (unpaired) electrons. The fourth-order valence-electron chi connectivity index (χ4n) is 2.36. The number of amides is 2. The number of hydrogen-bond donors (Lipinski definition) is 2. The Morgan fingerprint density at radius 2 is 1.83 bits per heavy atom. The van der Waals surface area contributed by atoms with Crippen molar-refractivity contribution in [1.29, 1.82) is 0 Å². The SMILES string of the molecule is Cc1cc(C)nc(NC2=NCCN2C(=O)Nc2ccc(Cl)cc2)n1. The molecule has 0 aliphatic carbocycles. The number of benzene rings is 1. The number of aliphatic imine (C=N–C) groups is 1. The number of aromatic nitrogens is 2. The number of guanidine groups is 1. The number of hydrogen-bond acceptors (Lipinski definition) is 5. The maximum absolute atomic E-state index is 12.5. The molecule has 2 amide bonds. The van der Waals surface area contributed by atoms with Crippen LogP contribution in [0.25, 0.3) is 0 Å². The fourth-order valence-corrected chi connectivity index (χ4v) is 2.48. The molecule has 1 aromatic carbocycles. The summed E-state index contributed by atoms with van der Waals surface area (Å²) in [6.07, 6.45) is 0. The average molecular weight is 345 g/mol. The smallest absolute Gasteiger partial charge is 0.307 e. The number of rotatable bonds is 2. The van der Waals surface area contributed by atoms with Crippen molar-refractivity contribution in [3.8, 4) is 0 Å². The van der Waals surface area contributed by atoms with Crippen LogP contribution in [0.2, 0.25) is 5.02 Å². The van der Waals surface area contributed by atoms with Gasteiger partial charge in [-0.15, -0.1) is 0 Å². The first kappa shape index (κ1) is 16.2. The van der Waals surface area contributed by atoms with Crippen molar-refractivity contribution >= 4 is 35.2 Å². The van der Waals surface area contributed by atoms with Crippen molar-refractivity contribution in [2.75, 3.05) is 23.7 Å². The Labute approximate surface area is 144 Å². The van der Waals surface area contributed by atoms with Crippen molar-refractivity contribution in [3.05, 3.63) is 46.7 Å². The quantitative estimate of drug-likeness (QED) is 0.877. The Balaban J connectivity index is 1.70. The van der Waals surface area contributed by atoms with E-state index in [1.165, 1.54) is 4.90 Å². The number of nitrogens with one attached hydrogen (secondary N) is 2. The summed E-state index contributed by atoms with van der Waals surface area (Å²) in [5.41, 5.74) is 2.36. The summed E-state index contributed by atoms with van der Waals surface area (Å²) < 4.78 is 0. The molecule has 7 nitrogen and oxygen atoms in total. The molecule has 24 heavy (non-hydrogen) atoms. The predicted octanol–water partition coefficient (Wildman–Crippen LogP) is 3.06. The van der Waals surface area contributed by atoms with Crippen molar-refractivity contribution in [1.82, 2.24) is 14.9 Å². The molecule has 8 heteroatoms. The lowest BCUT2D eigenvalue weighted by Gasteiger charge is -2.19. The van der Waals surface area contributed by atoms with Crippen LogP contribution in [0, 0.1) is 13.8 Å².